The molecule has 1 aliphatic heterocycles. The monoisotopic (exact) mass is 521 g/mol. The summed E-state index contributed by atoms with van der Waals surface area (Å²) in [5.74, 6) is 0.255. The van der Waals surface area contributed by atoms with E-state index in [4.69, 9.17) is 21.7 Å². The van der Waals surface area contributed by atoms with Crippen LogP contribution in [-0.4, -0.2) is 33.2 Å². The van der Waals surface area contributed by atoms with Crippen molar-refractivity contribution in [3.63, 3.8) is 0 Å². The molecule has 0 saturated carbocycles. The molecule has 0 aliphatic carbocycles. The molecule has 0 radical (unpaired) electrons. The number of hydrazine groups is 1. The van der Waals surface area contributed by atoms with E-state index >= 15 is 0 Å². The van der Waals surface area contributed by atoms with Crippen LogP contribution in [0.3, 0.4) is 0 Å². The van der Waals surface area contributed by atoms with Gasteiger partial charge in [0.05, 0.1) is 16.9 Å². The Morgan fingerprint density at radius 2 is 1.83 bits per heavy atom. The zero-order valence-corrected chi connectivity index (χ0v) is 20.5. The predicted molar refractivity (Wildman–Crippen MR) is 139 cm³/mol. The number of non-ortho nitro benzene ring substituents is 1. The molecule has 36 heavy (non-hydrogen) atoms. The number of benzene rings is 3. The molecule has 182 valence electrons. The summed E-state index contributed by atoms with van der Waals surface area (Å²) in [6.07, 6.45) is 1.66. The molecule has 4 rings (SSSR count). The summed E-state index contributed by atoms with van der Waals surface area (Å²) in [6, 6.07) is 19.7. The van der Waals surface area contributed by atoms with Gasteiger partial charge in [-0.1, -0.05) is 23.9 Å². The van der Waals surface area contributed by atoms with Gasteiger partial charge in [0.25, 0.3) is 17.5 Å². The van der Waals surface area contributed by atoms with Gasteiger partial charge in [0, 0.05) is 17.7 Å². The Balaban J connectivity index is 1.41. The van der Waals surface area contributed by atoms with E-state index in [9.17, 15) is 19.7 Å². The number of nitro groups is 1. The number of carbonyl (C=O) groups is 2. The lowest BCUT2D eigenvalue weighted by Gasteiger charge is -2.15. The van der Waals surface area contributed by atoms with Gasteiger partial charge in [0.15, 0.2) is 4.32 Å². The minimum atomic E-state index is -0.475. The van der Waals surface area contributed by atoms with Crippen LogP contribution in [0.15, 0.2) is 77.7 Å². The van der Waals surface area contributed by atoms with Crippen molar-refractivity contribution in [2.24, 2.45) is 0 Å². The van der Waals surface area contributed by atoms with Crippen molar-refractivity contribution in [1.82, 2.24) is 10.4 Å². The maximum Gasteiger partial charge on any atom is 0.285 e. The van der Waals surface area contributed by atoms with Crippen LogP contribution >= 0.6 is 24.0 Å². The number of ether oxygens (including phenoxy) is 2. The SMILES string of the molecule is COc1ccc(C(=O)NN2C(=O)/C(=C\c3cccc(OCc4ccc([N+](=O)[O-])cc4)c3)SC2=S)cc1. The predicted octanol–water partition coefficient (Wildman–Crippen LogP) is 4.73. The Morgan fingerprint density at radius 3 is 2.50 bits per heavy atom. The summed E-state index contributed by atoms with van der Waals surface area (Å²) >= 11 is 6.37. The highest BCUT2D eigenvalue weighted by Crippen LogP contribution is 2.32. The number of hydrogen-bond donors (Lipinski definition) is 1. The van der Waals surface area contributed by atoms with Gasteiger partial charge in [-0.25, -0.2) is 0 Å². The second-order valence-electron chi connectivity index (χ2n) is 7.47. The molecule has 9 nitrogen and oxygen atoms in total. The highest BCUT2D eigenvalue weighted by Gasteiger charge is 2.33. The van der Waals surface area contributed by atoms with E-state index in [1.807, 2.05) is 0 Å². The summed E-state index contributed by atoms with van der Waals surface area (Å²) in [5.41, 5.74) is 4.39. The zero-order valence-electron chi connectivity index (χ0n) is 18.9. The smallest absolute Gasteiger partial charge is 0.285 e. The van der Waals surface area contributed by atoms with Crippen molar-refractivity contribution in [2.45, 2.75) is 6.61 Å². The summed E-state index contributed by atoms with van der Waals surface area (Å²) in [7, 11) is 1.53. The fourth-order valence-electron chi connectivity index (χ4n) is 3.20. The molecule has 0 unspecified atom stereocenters. The molecule has 1 heterocycles. The average Bonchev–Trinajstić information content (AvgIpc) is 3.15. The number of hydrogen-bond acceptors (Lipinski definition) is 8. The first kappa shape index (κ1) is 24.9. The molecule has 0 spiro atoms. The third-order valence-electron chi connectivity index (χ3n) is 5.07. The van der Waals surface area contributed by atoms with Gasteiger partial charge in [0.2, 0.25) is 0 Å². The number of amides is 2. The molecule has 0 aromatic heterocycles. The number of carbonyl (C=O) groups excluding carboxylic acids is 2. The lowest BCUT2D eigenvalue weighted by Crippen LogP contribution is -2.44. The van der Waals surface area contributed by atoms with Gasteiger partial charge < -0.3 is 9.47 Å². The quantitative estimate of drug-likeness (QED) is 0.196. The van der Waals surface area contributed by atoms with E-state index in [0.29, 0.717) is 27.5 Å². The van der Waals surface area contributed by atoms with Crippen molar-refractivity contribution >= 4 is 51.9 Å². The van der Waals surface area contributed by atoms with Crippen LogP contribution in [0.5, 0.6) is 11.5 Å². The number of rotatable bonds is 8. The van der Waals surface area contributed by atoms with Gasteiger partial charge >= 0.3 is 0 Å². The van der Waals surface area contributed by atoms with E-state index in [0.717, 1.165) is 22.3 Å². The van der Waals surface area contributed by atoms with Crippen molar-refractivity contribution < 1.29 is 24.0 Å². The first-order valence-electron chi connectivity index (χ1n) is 10.5. The highest BCUT2D eigenvalue weighted by atomic mass is 32.2. The van der Waals surface area contributed by atoms with E-state index in [1.165, 1.54) is 19.2 Å². The standard InChI is InChI=1S/C25H19N3O6S2/c1-33-20-11-7-18(8-12-20)23(29)26-27-24(30)22(36-25(27)35)14-17-3-2-4-21(13-17)34-15-16-5-9-19(10-6-16)28(31)32/h2-14H,15H2,1H3,(H,26,29)/b22-14+. The Morgan fingerprint density at radius 1 is 1.11 bits per heavy atom. The van der Waals surface area contributed by atoms with Crippen LogP contribution in [0.25, 0.3) is 6.08 Å². The molecule has 1 N–H and O–H groups in total. The van der Waals surface area contributed by atoms with Crippen LogP contribution < -0.4 is 14.9 Å². The Hall–Kier alpha value is -4.22. The first-order chi connectivity index (χ1) is 17.3. The van der Waals surface area contributed by atoms with Gasteiger partial charge in [-0.15, -0.1) is 0 Å². The Bertz CT molecular complexity index is 1360. The van der Waals surface area contributed by atoms with E-state index in [-0.39, 0.29) is 16.6 Å². The third kappa shape index (κ3) is 5.88. The second-order valence-corrected chi connectivity index (χ2v) is 9.15. The second kappa shape index (κ2) is 11.0. The van der Waals surface area contributed by atoms with Crippen molar-refractivity contribution in [3.05, 3.63) is 105 Å². The maximum absolute atomic E-state index is 12.9. The topological polar surface area (TPSA) is 111 Å². The molecule has 3 aromatic rings. The molecule has 1 saturated heterocycles. The molecule has 3 aromatic carbocycles. The maximum atomic E-state index is 12.9. The number of thiocarbonyl (C=S) groups is 1. The largest absolute Gasteiger partial charge is 0.497 e. The number of methoxy groups -OCH3 is 1. The summed E-state index contributed by atoms with van der Waals surface area (Å²) < 4.78 is 11.1. The highest BCUT2D eigenvalue weighted by molar-refractivity contribution is 8.26. The van der Waals surface area contributed by atoms with E-state index in [1.54, 1.807) is 66.7 Å². The van der Waals surface area contributed by atoms with Crippen molar-refractivity contribution in [1.29, 1.82) is 0 Å². The molecule has 0 atom stereocenters. The van der Waals surface area contributed by atoms with Crippen LogP contribution in [0.4, 0.5) is 5.69 Å². The lowest BCUT2D eigenvalue weighted by molar-refractivity contribution is -0.384. The van der Waals surface area contributed by atoms with E-state index in [2.05, 4.69) is 5.43 Å². The van der Waals surface area contributed by atoms with Crippen LogP contribution in [-0.2, 0) is 11.4 Å². The van der Waals surface area contributed by atoms with Gasteiger partial charge in [0.1, 0.15) is 18.1 Å². The van der Waals surface area contributed by atoms with Crippen molar-refractivity contribution in [3.8, 4) is 11.5 Å². The van der Waals surface area contributed by atoms with E-state index < -0.39 is 16.7 Å². The molecule has 11 heteroatoms. The number of nitrogens with one attached hydrogen (secondary N) is 1. The molecule has 2 amide bonds. The number of nitrogens with zero attached hydrogens (tertiary/aromatic N) is 2. The number of nitro benzene ring substituents is 1. The Kier molecular flexibility index (Phi) is 7.62. The summed E-state index contributed by atoms with van der Waals surface area (Å²) in [6.45, 7) is 0.223. The van der Waals surface area contributed by atoms with Gasteiger partial charge in [-0.2, -0.15) is 5.01 Å². The fraction of sp³-hybridized carbons (Fsp3) is 0.0800. The minimum Gasteiger partial charge on any atom is -0.497 e. The number of thioether (sulfide) groups is 1. The van der Waals surface area contributed by atoms with Gasteiger partial charge in [-0.05, 0) is 78.0 Å². The summed E-state index contributed by atoms with van der Waals surface area (Å²) in [5, 5.41) is 11.8. The molecule has 1 fully saturated rings. The summed E-state index contributed by atoms with van der Waals surface area (Å²) in [4.78, 5) is 36.1. The van der Waals surface area contributed by atoms with Crippen LogP contribution in [0.2, 0.25) is 0 Å². The molecule has 0 bridgehead atoms. The molecular weight excluding hydrogens is 502 g/mol. The van der Waals surface area contributed by atoms with Crippen LogP contribution in [0, 0.1) is 10.1 Å². The average molecular weight is 522 g/mol. The molecular formula is C25H19N3O6S2. The third-order valence-corrected chi connectivity index (χ3v) is 6.37. The van der Waals surface area contributed by atoms with Gasteiger partial charge in [-0.3, -0.25) is 25.1 Å². The van der Waals surface area contributed by atoms with Crippen LogP contribution in [0.1, 0.15) is 21.5 Å². The fourth-order valence-corrected chi connectivity index (χ4v) is 4.38. The Labute approximate surface area is 215 Å². The minimum absolute atomic E-state index is 0.0123. The zero-order chi connectivity index (χ0) is 25.7. The lowest BCUT2D eigenvalue weighted by atomic mass is 10.2. The first-order valence-corrected chi connectivity index (χ1v) is 11.8. The molecule has 1 aliphatic rings. The normalized spacial score (nSPS) is 14.1. The van der Waals surface area contributed by atoms with Crippen molar-refractivity contribution in [2.75, 3.05) is 7.11 Å².